The van der Waals surface area contributed by atoms with Gasteiger partial charge in [-0.1, -0.05) is 13.8 Å². The third-order valence-corrected chi connectivity index (χ3v) is 5.51. The molecule has 4 nitrogen and oxygen atoms in total. The van der Waals surface area contributed by atoms with Gasteiger partial charge in [-0.3, -0.25) is 9.59 Å². The summed E-state index contributed by atoms with van der Waals surface area (Å²) in [6.45, 7) is 4.07. The maximum atomic E-state index is 13.1. The van der Waals surface area contributed by atoms with E-state index >= 15 is 0 Å². The number of hydrogen-bond acceptors (Lipinski definition) is 3. The normalized spacial score (nSPS) is 32.1. The van der Waals surface area contributed by atoms with Gasteiger partial charge >= 0.3 is 6.18 Å². The number of nitrogens with two attached hydrogens (primary N) is 1. The van der Waals surface area contributed by atoms with E-state index in [4.69, 9.17) is 5.73 Å². The second kappa shape index (κ2) is 4.51. The number of Topliss-reactive ketones (excluding diaryl/α,β-unsaturated/α-hetero) is 1. The van der Waals surface area contributed by atoms with Crippen LogP contribution >= 0.6 is 0 Å². The summed E-state index contributed by atoms with van der Waals surface area (Å²) in [7, 11) is 0. The summed E-state index contributed by atoms with van der Waals surface area (Å²) in [6.07, 6.45) is -2.02. The van der Waals surface area contributed by atoms with Crippen molar-refractivity contribution in [2.45, 2.75) is 45.7 Å². The predicted octanol–water partition coefficient (Wildman–Crippen LogP) is 2.39. The van der Waals surface area contributed by atoms with Crippen LogP contribution in [0.4, 0.5) is 13.2 Å². The van der Waals surface area contributed by atoms with Gasteiger partial charge in [0.25, 0.3) is 0 Å². The molecule has 3 aliphatic rings. The van der Waals surface area contributed by atoms with Gasteiger partial charge in [0.05, 0.1) is 5.70 Å². The Morgan fingerprint density at radius 2 is 1.87 bits per heavy atom. The molecule has 0 aromatic heterocycles. The van der Waals surface area contributed by atoms with Crippen LogP contribution in [-0.2, 0) is 9.59 Å². The molecule has 0 bridgehead atoms. The number of alkyl halides is 3. The highest BCUT2D eigenvalue weighted by molar-refractivity contribution is 5.99. The van der Waals surface area contributed by atoms with E-state index < -0.39 is 28.3 Å². The first-order valence-corrected chi connectivity index (χ1v) is 7.82. The monoisotopic (exact) mass is 330 g/mol. The third kappa shape index (κ3) is 2.35. The largest absolute Gasteiger partial charge is 0.403 e. The molecule has 0 radical (unpaired) electrons. The van der Waals surface area contributed by atoms with Crippen LogP contribution < -0.4 is 5.73 Å². The van der Waals surface area contributed by atoms with Crippen molar-refractivity contribution in [3.63, 3.8) is 0 Å². The molecular weight excluding hydrogens is 309 g/mol. The SMILES string of the molecule is CC1(C)C[C@]2(C=C(N)C1=O)CCN(C(=O)C1(C(F)(F)F)CC1)C2. The van der Waals surface area contributed by atoms with Crippen molar-refractivity contribution in [3.05, 3.63) is 11.8 Å². The number of allylic oxidation sites excluding steroid dienone is 1. The van der Waals surface area contributed by atoms with Crippen LogP contribution in [0.15, 0.2) is 11.8 Å². The van der Waals surface area contributed by atoms with E-state index in [-0.39, 0.29) is 37.4 Å². The minimum Gasteiger partial charge on any atom is -0.396 e. The molecule has 128 valence electrons. The fourth-order valence-electron chi connectivity index (χ4n) is 4.18. The summed E-state index contributed by atoms with van der Waals surface area (Å²) in [5, 5.41) is 0. The first-order valence-electron chi connectivity index (χ1n) is 7.82. The Hall–Kier alpha value is -1.53. The molecule has 1 amide bonds. The maximum Gasteiger partial charge on any atom is 0.403 e. The molecule has 7 heteroatoms. The third-order valence-electron chi connectivity index (χ3n) is 5.51. The number of carbonyl (C=O) groups is 2. The van der Waals surface area contributed by atoms with E-state index in [1.54, 1.807) is 19.9 Å². The fraction of sp³-hybridized carbons (Fsp3) is 0.750. The quantitative estimate of drug-likeness (QED) is 0.803. The second-order valence-electron chi connectivity index (χ2n) is 7.91. The van der Waals surface area contributed by atoms with Crippen LogP contribution in [0.5, 0.6) is 0 Å². The summed E-state index contributed by atoms with van der Waals surface area (Å²) in [5.41, 5.74) is 2.67. The van der Waals surface area contributed by atoms with Crippen molar-refractivity contribution in [1.29, 1.82) is 0 Å². The highest BCUT2D eigenvalue weighted by Crippen LogP contribution is 2.59. The molecule has 23 heavy (non-hydrogen) atoms. The first-order chi connectivity index (χ1) is 10.4. The number of halogens is 3. The molecule has 2 aliphatic carbocycles. The van der Waals surface area contributed by atoms with E-state index in [0.29, 0.717) is 12.8 Å². The van der Waals surface area contributed by atoms with Crippen LogP contribution in [0.2, 0.25) is 0 Å². The van der Waals surface area contributed by atoms with E-state index in [2.05, 4.69) is 0 Å². The van der Waals surface area contributed by atoms with Crippen molar-refractivity contribution < 1.29 is 22.8 Å². The van der Waals surface area contributed by atoms with Gasteiger partial charge in [0.15, 0.2) is 5.78 Å². The zero-order chi connectivity index (χ0) is 17.3. The number of amides is 1. The van der Waals surface area contributed by atoms with Crippen molar-refractivity contribution in [1.82, 2.24) is 4.90 Å². The smallest absolute Gasteiger partial charge is 0.396 e. The maximum absolute atomic E-state index is 13.1. The molecule has 2 N–H and O–H groups in total. The Kier molecular flexibility index (Phi) is 3.20. The molecular formula is C16H21F3N2O2. The van der Waals surface area contributed by atoms with Gasteiger partial charge < -0.3 is 10.6 Å². The number of ketones is 1. The number of rotatable bonds is 1. The minimum absolute atomic E-state index is 0.124. The summed E-state index contributed by atoms with van der Waals surface area (Å²) < 4.78 is 39.4. The van der Waals surface area contributed by atoms with Gasteiger partial charge in [0, 0.05) is 23.9 Å². The Labute approximate surface area is 132 Å². The highest BCUT2D eigenvalue weighted by Gasteiger charge is 2.70. The van der Waals surface area contributed by atoms with Crippen molar-refractivity contribution in [2.75, 3.05) is 13.1 Å². The predicted molar refractivity (Wildman–Crippen MR) is 77.0 cm³/mol. The average Bonchev–Trinajstić information content (AvgIpc) is 3.14. The van der Waals surface area contributed by atoms with Gasteiger partial charge in [-0.05, 0) is 31.8 Å². The summed E-state index contributed by atoms with van der Waals surface area (Å²) in [4.78, 5) is 25.8. The van der Waals surface area contributed by atoms with Gasteiger partial charge in [0.1, 0.15) is 5.41 Å². The lowest BCUT2D eigenvalue weighted by molar-refractivity contribution is -0.198. The van der Waals surface area contributed by atoms with Crippen LogP contribution in [0, 0.1) is 16.2 Å². The minimum atomic E-state index is -4.49. The molecule has 0 unspecified atom stereocenters. The summed E-state index contributed by atoms with van der Waals surface area (Å²) in [6, 6.07) is 0. The molecule has 1 atom stereocenters. The van der Waals surface area contributed by atoms with E-state index in [1.165, 1.54) is 4.90 Å². The van der Waals surface area contributed by atoms with E-state index in [1.807, 2.05) is 0 Å². The Bertz CT molecular complexity index is 605. The molecule has 0 aromatic carbocycles. The Balaban J connectivity index is 1.82. The second-order valence-corrected chi connectivity index (χ2v) is 7.91. The van der Waals surface area contributed by atoms with E-state index in [9.17, 15) is 22.8 Å². The lowest BCUT2D eigenvalue weighted by Gasteiger charge is -2.39. The Morgan fingerprint density at radius 3 is 2.35 bits per heavy atom. The van der Waals surface area contributed by atoms with Crippen LogP contribution in [-0.4, -0.2) is 35.9 Å². The summed E-state index contributed by atoms with van der Waals surface area (Å²) in [5.74, 6) is -0.953. The standard InChI is InChI=1S/C16H21F3N2O2/c1-13(2)8-14(7-10(20)11(13)22)5-6-21(9-14)12(23)15(3-4-15)16(17,18)19/h7H,3-6,8-9,20H2,1-2H3/t14-/m1/s1. The number of hydrogen-bond donors (Lipinski definition) is 1. The van der Waals surface area contributed by atoms with Gasteiger partial charge in [-0.15, -0.1) is 0 Å². The van der Waals surface area contributed by atoms with E-state index in [0.717, 1.165) is 0 Å². The molecule has 3 rings (SSSR count). The van der Waals surface area contributed by atoms with Gasteiger partial charge in [0.2, 0.25) is 5.91 Å². The van der Waals surface area contributed by atoms with Crippen LogP contribution in [0.1, 0.15) is 39.5 Å². The first kappa shape index (κ1) is 16.3. The molecule has 1 saturated carbocycles. The molecule has 1 aliphatic heterocycles. The molecule has 0 aromatic rings. The van der Waals surface area contributed by atoms with Crippen LogP contribution in [0.3, 0.4) is 0 Å². The van der Waals surface area contributed by atoms with Crippen LogP contribution in [0.25, 0.3) is 0 Å². The van der Waals surface area contributed by atoms with Crippen molar-refractivity contribution >= 4 is 11.7 Å². The number of carbonyl (C=O) groups excluding carboxylic acids is 2. The van der Waals surface area contributed by atoms with Gasteiger partial charge in [-0.2, -0.15) is 13.2 Å². The molecule has 1 spiro atoms. The zero-order valence-corrected chi connectivity index (χ0v) is 13.3. The van der Waals surface area contributed by atoms with Crippen molar-refractivity contribution in [3.8, 4) is 0 Å². The molecule has 2 fully saturated rings. The number of nitrogens with zero attached hydrogens (tertiary/aromatic N) is 1. The molecule has 1 saturated heterocycles. The topological polar surface area (TPSA) is 63.4 Å². The Morgan fingerprint density at radius 1 is 1.26 bits per heavy atom. The number of likely N-dealkylation sites (tertiary alicyclic amines) is 1. The zero-order valence-electron chi connectivity index (χ0n) is 13.3. The summed E-state index contributed by atoms with van der Waals surface area (Å²) >= 11 is 0. The fourth-order valence-corrected chi connectivity index (χ4v) is 4.18. The van der Waals surface area contributed by atoms with Crippen molar-refractivity contribution in [2.24, 2.45) is 22.0 Å². The highest BCUT2D eigenvalue weighted by atomic mass is 19.4. The lowest BCUT2D eigenvalue weighted by Crippen LogP contribution is -2.46. The molecule has 1 heterocycles. The lowest BCUT2D eigenvalue weighted by atomic mass is 9.65. The van der Waals surface area contributed by atoms with Gasteiger partial charge in [-0.25, -0.2) is 0 Å². The average molecular weight is 330 g/mol.